The molecule has 0 aromatic carbocycles. The summed E-state index contributed by atoms with van der Waals surface area (Å²) in [6.07, 6.45) is 0.743. The Kier molecular flexibility index (Phi) is 9.91. The zero-order valence-electron chi connectivity index (χ0n) is 22.3. The zero-order chi connectivity index (χ0) is 24.3. The van der Waals surface area contributed by atoms with E-state index in [1.165, 1.54) is 0 Å². The molecule has 0 rings (SSSR count). The van der Waals surface area contributed by atoms with Gasteiger partial charge in [0.15, 0.2) is 11.6 Å². The highest BCUT2D eigenvalue weighted by molar-refractivity contribution is 8.00. The number of ketones is 2. The molecule has 0 aliphatic rings. The van der Waals surface area contributed by atoms with Gasteiger partial charge in [0.25, 0.3) is 0 Å². The molecule has 0 fully saturated rings. The van der Waals surface area contributed by atoms with Crippen LogP contribution in [-0.2, 0) is 9.59 Å². The number of hydrogen-bond acceptors (Lipinski definition) is 5. The summed E-state index contributed by atoms with van der Waals surface area (Å²) in [5, 5.41) is 7.09. The average Bonchev–Trinajstić information content (AvgIpc) is 2.46. The monoisotopic (exact) mass is 442 g/mol. The third-order valence-corrected chi connectivity index (χ3v) is 6.24. The lowest BCUT2D eigenvalue weighted by molar-refractivity contribution is -0.130. The van der Waals surface area contributed by atoms with Crippen LogP contribution in [0.3, 0.4) is 0 Å². The Hall–Kier alpha value is -0.390. The van der Waals surface area contributed by atoms with Crippen LogP contribution < -0.4 is 10.6 Å². The summed E-state index contributed by atoms with van der Waals surface area (Å²) in [6.45, 7) is 28.8. The third-order valence-electron chi connectivity index (χ3n) is 4.82. The van der Waals surface area contributed by atoms with Crippen molar-refractivity contribution >= 4 is 23.3 Å². The largest absolute Gasteiger partial charge is 0.303 e. The number of rotatable bonds is 9. The Balaban J connectivity index is 5.49. The van der Waals surface area contributed by atoms with E-state index in [4.69, 9.17) is 0 Å². The van der Waals surface area contributed by atoms with Crippen LogP contribution in [0, 0.1) is 10.8 Å². The van der Waals surface area contributed by atoms with Crippen molar-refractivity contribution in [2.75, 3.05) is 5.75 Å². The lowest BCUT2D eigenvalue weighted by Gasteiger charge is -2.41. The molecule has 0 radical (unpaired) electrons. The second-order valence-corrected chi connectivity index (χ2v) is 15.0. The fourth-order valence-corrected chi connectivity index (χ4v) is 4.47. The number of hydrogen-bond donors (Lipinski definition) is 2. The smallest absolute Gasteiger partial charge is 0.156 e. The van der Waals surface area contributed by atoms with Crippen molar-refractivity contribution in [1.82, 2.24) is 10.6 Å². The van der Waals surface area contributed by atoms with Crippen LogP contribution in [0.5, 0.6) is 0 Å². The van der Waals surface area contributed by atoms with Crippen LogP contribution in [0.15, 0.2) is 0 Å². The second kappa shape index (κ2) is 10.0. The average molecular weight is 443 g/mol. The van der Waals surface area contributed by atoms with Crippen LogP contribution in [0.4, 0.5) is 0 Å². The molecule has 0 bridgehead atoms. The van der Waals surface area contributed by atoms with Gasteiger partial charge in [-0.25, -0.2) is 0 Å². The number of carbonyl (C=O) groups is 2. The molecule has 0 heterocycles. The predicted molar refractivity (Wildman–Crippen MR) is 133 cm³/mol. The van der Waals surface area contributed by atoms with E-state index >= 15 is 0 Å². The molecule has 0 aromatic rings. The highest BCUT2D eigenvalue weighted by Crippen LogP contribution is 2.35. The van der Waals surface area contributed by atoms with E-state index in [0.29, 0.717) is 0 Å². The van der Waals surface area contributed by atoms with Gasteiger partial charge in [0.1, 0.15) is 0 Å². The van der Waals surface area contributed by atoms with Crippen LogP contribution in [-0.4, -0.2) is 45.2 Å². The number of carbonyl (C=O) groups excluding carboxylic acids is 2. The maximum absolute atomic E-state index is 13.3. The van der Waals surface area contributed by atoms with Gasteiger partial charge in [-0.05, 0) is 67.6 Å². The first-order chi connectivity index (χ1) is 13.0. The highest BCUT2D eigenvalue weighted by atomic mass is 32.2. The molecule has 178 valence electrons. The fraction of sp³-hybridized carbons (Fsp3) is 0.920. The summed E-state index contributed by atoms with van der Waals surface area (Å²) in [5.41, 5.74) is -1.10. The fourth-order valence-electron chi connectivity index (χ4n) is 3.26. The van der Waals surface area contributed by atoms with Crippen molar-refractivity contribution in [2.45, 2.75) is 131 Å². The van der Waals surface area contributed by atoms with Crippen LogP contribution in [0.1, 0.15) is 103 Å². The van der Waals surface area contributed by atoms with Crippen molar-refractivity contribution in [2.24, 2.45) is 10.8 Å². The van der Waals surface area contributed by atoms with Gasteiger partial charge in [-0.3, -0.25) is 9.59 Å². The predicted octanol–water partition coefficient (Wildman–Crippen LogP) is 5.63. The normalized spacial score (nSPS) is 16.3. The minimum atomic E-state index is -0.417. The molecule has 0 amide bonds. The van der Waals surface area contributed by atoms with Gasteiger partial charge < -0.3 is 10.6 Å². The molecule has 2 atom stereocenters. The van der Waals surface area contributed by atoms with Crippen LogP contribution in [0.25, 0.3) is 0 Å². The minimum absolute atomic E-state index is 0.135. The standard InChI is InChI=1S/C25H50N2O2S/c1-21(2,3)19(28)17(26-23(7,8)9)15-16-30-25(13,14)18(27-24(10,11)12)20(29)22(4,5)6/h17-18,26-27H,15-16H2,1-14H3. The molecule has 0 spiro atoms. The molecular formula is C25H50N2O2S. The van der Waals surface area contributed by atoms with Gasteiger partial charge in [-0.2, -0.15) is 11.8 Å². The van der Waals surface area contributed by atoms with Crippen molar-refractivity contribution in [3.63, 3.8) is 0 Å². The van der Waals surface area contributed by atoms with Gasteiger partial charge in [0.2, 0.25) is 0 Å². The molecule has 2 unspecified atom stereocenters. The van der Waals surface area contributed by atoms with Crippen molar-refractivity contribution < 1.29 is 9.59 Å². The third kappa shape index (κ3) is 10.8. The van der Waals surface area contributed by atoms with E-state index in [9.17, 15) is 9.59 Å². The Labute approximate surface area is 191 Å². The Bertz CT molecular complexity index is 584. The Morgan fingerprint density at radius 2 is 1.07 bits per heavy atom. The summed E-state index contributed by atoms with van der Waals surface area (Å²) < 4.78 is -0.297. The van der Waals surface area contributed by atoms with E-state index in [-0.39, 0.29) is 44.9 Å². The summed E-state index contributed by atoms with van der Waals surface area (Å²) in [5.74, 6) is 1.28. The van der Waals surface area contributed by atoms with Crippen molar-refractivity contribution in [3.05, 3.63) is 0 Å². The van der Waals surface area contributed by atoms with Crippen molar-refractivity contribution in [1.29, 1.82) is 0 Å². The van der Waals surface area contributed by atoms with E-state index < -0.39 is 5.41 Å². The van der Waals surface area contributed by atoms with Gasteiger partial charge in [-0.1, -0.05) is 41.5 Å². The Morgan fingerprint density at radius 1 is 0.667 bits per heavy atom. The maximum atomic E-state index is 13.3. The van der Waals surface area contributed by atoms with E-state index in [2.05, 4.69) is 66.0 Å². The Morgan fingerprint density at radius 3 is 1.40 bits per heavy atom. The SMILES string of the molecule is CC(C)(C)NC(CCSC(C)(C)C(NC(C)(C)C)C(=O)C(C)(C)C)C(=O)C(C)(C)C. The second-order valence-electron chi connectivity index (χ2n) is 13.2. The minimum Gasteiger partial charge on any atom is -0.303 e. The number of nitrogens with one attached hydrogen (secondary N) is 2. The summed E-state index contributed by atoms with van der Waals surface area (Å²) >= 11 is 1.78. The summed E-state index contributed by atoms with van der Waals surface area (Å²) in [7, 11) is 0. The number of Topliss-reactive ketones (excluding diaryl/α,β-unsaturated/α-hetero) is 2. The summed E-state index contributed by atoms with van der Waals surface area (Å²) in [4.78, 5) is 26.3. The van der Waals surface area contributed by atoms with Crippen LogP contribution >= 0.6 is 11.8 Å². The van der Waals surface area contributed by atoms with Gasteiger partial charge in [0.05, 0.1) is 12.1 Å². The topological polar surface area (TPSA) is 58.2 Å². The highest BCUT2D eigenvalue weighted by Gasteiger charge is 2.42. The number of thioether (sulfide) groups is 1. The molecular weight excluding hydrogens is 392 g/mol. The van der Waals surface area contributed by atoms with E-state index in [1.54, 1.807) is 11.8 Å². The molecule has 0 aromatic heterocycles. The molecule has 4 nitrogen and oxygen atoms in total. The molecule has 0 aliphatic heterocycles. The van der Waals surface area contributed by atoms with Gasteiger partial charge in [0, 0.05) is 26.7 Å². The van der Waals surface area contributed by atoms with Crippen molar-refractivity contribution in [3.8, 4) is 0 Å². The van der Waals surface area contributed by atoms with Crippen LogP contribution in [0.2, 0.25) is 0 Å². The van der Waals surface area contributed by atoms with E-state index in [0.717, 1.165) is 12.2 Å². The molecule has 2 N–H and O–H groups in total. The molecule has 30 heavy (non-hydrogen) atoms. The molecule has 5 heteroatoms. The molecule has 0 saturated carbocycles. The van der Waals surface area contributed by atoms with Gasteiger partial charge >= 0.3 is 0 Å². The van der Waals surface area contributed by atoms with Gasteiger partial charge in [-0.15, -0.1) is 0 Å². The first-order valence-corrected chi connectivity index (χ1v) is 12.2. The lowest BCUT2D eigenvalue weighted by Crippen LogP contribution is -2.59. The zero-order valence-corrected chi connectivity index (χ0v) is 23.1. The first kappa shape index (κ1) is 29.6. The molecule has 0 aliphatic carbocycles. The first-order valence-electron chi connectivity index (χ1n) is 11.3. The summed E-state index contributed by atoms with van der Waals surface area (Å²) in [6, 6.07) is -0.463. The van der Waals surface area contributed by atoms with E-state index in [1.807, 2.05) is 41.5 Å². The lowest BCUT2D eigenvalue weighted by atomic mass is 9.81. The maximum Gasteiger partial charge on any atom is 0.156 e. The molecule has 0 saturated heterocycles. The quantitative estimate of drug-likeness (QED) is 0.484.